The first kappa shape index (κ1) is 27.2. The number of nitrogens with zero attached hydrogens (tertiary/aromatic N) is 2. The van der Waals surface area contributed by atoms with E-state index in [9.17, 15) is 13.2 Å². The smallest absolute Gasteiger partial charge is 0.264 e. The maximum Gasteiger partial charge on any atom is 0.264 e. The number of carbonyl (C=O) groups is 1. The van der Waals surface area contributed by atoms with Gasteiger partial charge >= 0.3 is 0 Å². The van der Waals surface area contributed by atoms with Crippen LogP contribution in [-0.4, -0.2) is 43.4 Å². The fourth-order valence-electron chi connectivity index (χ4n) is 6.18. The predicted octanol–water partition coefficient (Wildman–Crippen LogP) is 6.07. The predicted molar refractivity (Wildman–Crippen MR) is 152 cm³/mol. The van der Waals surface area contributed by atoms with Gasteiger partial charge in [0, 0.05) is 41.1 Å². The summed E-state index contributed by atoms with van der Waals surface area (Å²) in [6.45, 7) is 0.943. The van der Waals surface area contributed by atoms with Gasteiger partial charge in [-0.25, -0.2) is 17.5 Å². The minimum absolute atomic E-state index is 0.00601. The highest BCUT2D eigenvalue weighted by molar-refractivity contribution is 7.91. The number of sulfonamides is 1. The van der Waals surface area contributed by atoms with Crippen LogP contribution in [0.25, 0.3) is 11.3 Å². The van der Waals surface area contributed by atoms with Crippen molar-refractivity contribution in [3.05, 3.63) is 69.1 Å². The van der Waals surface area contributed by atoms with Gasteiger partial charge in [-0.15, -0.1) is 0 Å². The first-order valence-electron chi connectivity index (χ1n) is 13.9. The van der Waals surface area contributed by atoms with Gasteiger partial charge in [0.15, 0.2) is 0 Å². The number of aromatic nitrogens is 1. The van der Waals surface area contributed by atoms with Crippen LogP contribution in [0.3, 0.4) is 0 Å². The van der Waals surface area contributed by atoms with Crippen molar-refractivity contribution in [2.45, 2.75) is 68.4 Å². The first-order chi connectivity index (χ1) is 19.7. The molecule has 1 aromatic heterocycles. The number of hydrogen-bond donors (Lipinski definition) is 1. The molecule has 4 fully saturated rings. The molecule has 8 nitrogen and oxygen atoms in total. The molecule has 3 aromatic rings. The van der Waals surface area contributed by atoms with Gasteiger partial charge in [0.25, 0.3) is 5.91 Å². The van der Waals surface area contributed by atoms with Crippen molar-refractivity contribution < 1.29 is 26.9 Å². The molecule has 4 aliphatic rings. The zero-order valence-corrected chi connectivity index (χ0v) is 24.3. The normalized spacial score (nSPS) is 23.8. The summed E-state index contributed by atoms with van der Waals surface area (Å²) in [4.78, 5) is 14.4. The minimum Gasteiger partial charge on any atom is -0.373 e. The van der Waals surface area contributed by atoms with E-state index in [2.05, 4.69) is 9.88 Å². The molecule has 0 radical (unpaired) electrons. The number of piperidine rings is 1. The minimum atomic E-state index is -3.70. The second-order valence-electron chi connectivity index (χ2n) is 11.5. The van der Waals surface area contributed by atoms with E-state index >= 15 is 4.39 Å². The lowest BCUT2D eigenvalue weighted by molar-refractivity contribution is 0.0122. The second kappa shape index (κ2) is 10.3. The Morgan fingerprint density at radius 2 is 1.88 bits per heavy atom. The molecule has 0 unspecified atom stereocenters. The highest BCUT2D eigenvalue weighted by atomic mass is 35.5. The summed E-state index contributed by atoms with van der Waals surface area (Å²) in [5, 5.41) is 4.81. The Bertz CT molecular complexity index is 1620. The van der Waals surface area contributed by atoms with Crippen molar-refractivity contribution in [2.75, 3.05) is 11.4 Å². The van der Waals surface area contributed by atoms with Crippen LogP contribution in [0.1, 0.15) is 66.1 Å². The number of benzene rings is 2. The molecule has 3 saturated carbocycles. The lowest BCUT2D eigenvalue weighted by Gasteiger charge is -2.33. The number of hydrogen-bond acceptors (Lipinski definition) is 7. The van der Waals surface area contributed by atoms with E-state index in [1.807, 2.05) is 4.90 Å². The Morgan fingerprint density at radius 1 is 1.12 bits per heavy atom. The summed E-state index contributed by atoms with van der Waals surface area (Å²) in [5.74, 6) is 0.00910. The molecule has 1 N–H and O–H groups in total. The van der Waals surface area contributed by atoms with E-state index in [0.717, 1.165) is 43.1 Å². The van der Waals surface area contributed by atoms with Gasteiger partial charge in [0.05, 0.1) is 33.7 Å². The molecule has 2 bridgehead atoms. The fraction of sp³-hybridized carbons (Fsp3) is 0.448. The van der Waals surface area contributed by atoms with Gasteiger partial charge in [0.2, 0.25) is 10.0 Å². The summed E-state index contributed by atoms with van der Waals surface area (Å²) < 4.78 is 53.6. The Labute approximate surface area is 247 Å². The number of amides is 1. The molecule has 1 saturated heterocycles. The molecule has 1 aliphatic heterocycles. The Hall–Kier alpha value is -2.66. The fourth-order valence-corrected chi connectivity index (χ4v) is 8.05. The van der Waals surface area contributed by atoms with E-state index in [1.54, 1.807) is 24.3 Å². The van der Waals surface area contributed by atoms with E-state index < -0.39 is 27.0 Å². The van der Waals surface area contributed by atoms with Gasteiger partial charge in [-0.2, -0.15) is 0 Å². The topological polar surface area (TPSA) is 102 Å². The Kier molecular flexibility index (Phi) is 6.80. The van der Waals surface area contributed by atoms with Crippen LogP contribution < -0.4 is 9.62 Å². The zero-order chi connectivity index (χ0) is 28.5. The SMILES string of the molecule is O=C(NS(=O)(=O)C1CC1)c1ccc(N2C[C@H]3C[C@@H]2C[C@@H]3OCc2c(-c3c(Cl)cccc3Cl)noc2C2CC2)c(F)c1. The summed E-state index contributed by atoms with van der Waals surface area (Å²) in [5.41, 5.74) is 2.52. The van der Waals surface area contributed by atoms with Gasteiger partial charge in [-0.1, -0.05) is 34.4 Å². The summed E-state index contributed by atoms with van der Waals surface area (Å²) >= 11 is 13.0. The number of fused-ring (bicyclic) bond motifs is 2. The molecule has 216 valence electrons. The quantitative estimate of drug-likeness (QED) is 0.310. The van der Waals surface area contributed by atoms with E-state index in [-0.39, 0.29) is 23.6 Å². The van der Waals surface area contributed by atoms with Crippen LogP contribution in [0, 0.1) is 11.7 Å². The lowest BCUT2D eigenvalue weighted by atomic mass is 10.0. The van der Waals surface area contributed by atoms with Gasteiger partial charge in [0.1, 0.15) is 17.3 Å². The molecular weight excluding hydrogens is 592 g/mol. The molecule has 0 spiro atoms. The van der Waals surface area contributed by atoms with Crippen LogP contribution >= 0.6 is 23.2 Å². The highest BCUT2D eigenvalue weighted by Gasteiger charge is 2.46. The Morgan fingerprint density at radius 3 is 2.51 bits per heavy atom. The molecule has 2 aromatic carbocycles. The molecular formula is C29H28Cl2FN3O5S. The molecule has 1 amide bonds. The summed E-state index contributed by atoms with van der Waals surface area (Å²) in [7, 11) is -3.70. The molecule has 7 rings (SSSR count). The van der Waals surface area contributed by atoms with Crippen LogP contribution in [0.4, 0.5) is 10.1 Å². The molecule has 12 heteroatoms. The first-order valence-corrected chi connectivity index (χ1v) is 16.2. The lowest BCUT2D eigenvalue weighted by Crippen LogP contribution is -2.39. The van der Waals surface area contributed by atoms with E-state index in [1.165, 1.54) is 6.07 Å². The number of rotatable bonds is 9. The third-order valence-electron chi connectivity index (χ3n) is 8.60. The highest BCUT2D eigenvalue weighted by Crippen LogP contribution is 2.47. The number of ether oxygens (including phenoxy) is 1. The molecule has 3 atom stereocenters. The van der Waals surface area contributed by atoms with Gasteiger partial charge < -0.3 is 14.2 Å². The van der Waals surface area contributed by atoms with Crippen LogP contribution in [0.15, 0.2) is 40.9 Å². The van der Waals surface area contributed by atoms with E-state index in [0.29, 0.717) is 58.9 Å². The van der Waals surface area contributed by atoms with Crippen molar-refractivity contribution in [3.63, 3.8) is 0 Å². The number of halogens is 3. The van der Waals surface area contributed by atoms with Crippen molar-refractivity contribution >= 4 is 44.8 Å². The molecule has 2 heterocycles. The number of nitrogens with one attached hydrogen (secondary N) is 1. The molecule has 41 heavy (non-hydrogen) atoms. The monoisotopic (exact) mass is 619 g/mol. The average molecular weight is 621 g/mol. The summed E-state index contributed by atoms with van der Waals surface area (Å²) in [6.07, 6.45) is 4.76. The third-order valence-corrected chi connectivity index (χ3v) is 11.1. The van der Waals surface area contributed by atoms with Crippen LogP contribution in [-0.2, 0) is 21.4 Å². The van der Waals surface area contributed by atoms with Crippen molar-refractivity contribution in [1.82, 2.24) is 9.88 Å². The second-order valence-corrected chi connectivity index (χ2v) is 14.2. The average Bonchev–Trinajstić information content (AvgIpc) is 3.86. The largest absolute Gasteiger partial charge is 0.373 e. The van der Waals surface area contributed by atoms with Gasteiger partial charge in [-0.05, 0) is 68.9 Å². The standard InChI is InChI=1S/C29H28Cl2FN3O5S/c30-21-2-1-3-22(31)26(21)27-20(28(40-33-27)15-4-5-15)14-39-25-12-18-10-17(25)13-35(18)24-9-6-16(11-23(24)32)29(36)34-41(37,38)19-7-8-19/h1-3,6,9,11,15,17-19,25H,4-5,7-8,10,12-14H2,(H,34,36)/t17-,18-,25+/m1/s1. The van der Waals surface area contributed by atoms with Crippen molar-refractivity contribution in [3.8, 4) is 11.3 Å². The molecule has 3 aliphatic carbocycles. The van der Waals surface area contributed by atoms with Crippen molar-refractivity contribution in [2.24, 2.45) is 5.92 Å². The van der Waals surface area contributed by atoms with E-state index in [4.69, 9.17) is 32.5 Å². The number of anilines is 1. The van der Waals surface area contributed by atoms with Crippen LogP contribution in [0.5, 0.6) is 0 Å². The maximum absolute atomic E-state index is 15.2. The zero-order valence-electron chi connectivity index (χ0n) is 22.0. The third kappa shape index (κ3) is 5.13. The number of carbonyl (C=O) groups excluding carboxylic acids is 1. The van der Waals surface area contributed by atoms with Crippen LogP contribution in [0.2, 0.25) is 10.0 Å². The summed E-state index contributed by atoms with van der Waals surface area (Å²) in [6, 6.07) is 9.58. The Balaban J connectivity index is 1.03. The van der Waals surface area contributed by atoms with Gasteiger partial charge in [-0.3, -0.25) is 4.79 Å². The maximum atomic E-state index is 15.2. The van der Waals surface area contributed by atoms with Crippen molar-refractivity contribution in [1.29, 1.82) is 0 Å².